The zero-order valence-electron chi connectivity index (χ0n) is 35.8. The zero-order valence-corrected chi connectivity index (χ0v) is 35.8. The molecule has 3 aromatic heterocycles. The van der Waals surface area contributed by atoms with Crippen LogP contribution in [-0.4, -0.2) is 97.1 Å². The molecule has 2 fully saturated rings. The van der Waals surface area contributed by atoms with Crippen molar-refractivity contribution >= 4 is 40.6 Å². The van der Waals surface area contributed by atoms with Gasteiger partial charge in [-0.05, 0) is 119 Å². The molecule has 2 atom stereocenters. The quantitative estimate of drug-likeness (QED) is 0.173. The highest BCUT2D eigenvalue weighted by molar-refractivity contribution is 6.05. The van der Waals surface area contributed by atoms with Gasteiger partial charge in [-0.25, -0.2) is 18.4 Å². The standard InChI is InChI=1S/C46H53F2N9O5/c1-26-7-6-18-62-45-34(24-49-56(45)5)38-22-30(19-27(2)50-38)42(59)53-46-51-37-14-8-29(23-39(37)57(46)25-26)44(61)55(4)32-11-9-31(10-12-32)54(3)17-16-28-20-35(47)41(36(48)21-28)33-13-15-40(58)52-43(33)60/h8,14,19-24,26,31-33H,6-7,9-13,15-18,25H2,1-5H3,(H,51,53,59)(H,52,58,60)/t26-,31?,32?,33-/m1/s1. The molecule has 326 valence electrons. The summed E-state index contributed by atoms with van der Waals surface area (Å²) in [5, 5.41) is 9.62. The summed E-state index contributed by atoms with van der Waals surface area (Å²) in [4.78, 5) is 65.4. The highest BCUT2D eigenvalue weighted by atomic mass is 19.1. The van der Waals surface area contributed by atoms with E-state index >= 15 is 8.78 Å². The molecule has 14 nitrogen and oxygen atoms in total. The van der Waals surface area contributed by atoms with Gasteiger partial charge in [0.05, 0.1) is 41.0 Å². The van der Waals surface area contributed by atoms with Crippen molar-refractivity contribution in [1.29, 1.82) is 0 Å². The van der Waals surface area contributed by atoms with E-state index < -0.39 is 29.4 Å². The van der Waals surface area contributed by atoms with Gasteiger partial charge in [0.25, 0.3) is 11.8 Å². The molecule has 0 radical (unpaired) electrons. The number of pyridine rings is 1. The van der Waals surface area contributed by atoms with Gasteiger partial charge in [0.15, 0.2) is 0 Å². The van der Waals surface area contributed by atoms with E-state index in [1.807, 2.05) is 49.7 Å². The zero-order chi connectivity index (χ0) is 43.8. The average Bonchev–Trinajstić information content (AvgIpc) is 3.78. The van der Waals surface area contributed by atoms with Crippen LogP contribution in [0.15, 0.2) is 48.7 Å². The summed E-state index contributed by atoms with van der Waals surface area (Å²) in [5.74, 6) is -2.91. The van der Waals surface area contributed by atoms with E-state index in [1.54, 1.807) is 29.1 Å². The van der Waals surface area contributed by atoms with Crippen molar-refractivity contribution in [2.24, 2.45) is 13.0 Å². The molecule has 2 N–H and O–H groups in total. The number of aromatic nitrogens is 5. The van der Waals surface area contributed by atoms with Crippen LogP contribution >= 0.6 is 0 Å². The number of anilines is 1. The number of hydrogen-bond acceptors (Lipinski definition) is 9. The number of benzene rings is 2. The van der Waals surface area contributed by atoms with Crippen LogP contribution in [0.4, 0.5) is 14.7 Å². The van der Waals surface area contributed by atoms with Crippen LogP contribution in [0.25, 0.3) is 22.3 Å². The van der Waals surface area contributed by atoms with Gasteiger partial charge in [-0.3, -0.25) is 34.8 Å². The van der Waals surface area contributed by atoms with E-state index in [9.17, 15) is 19.2 Å². The SMILES string of the molecule is Cc1cc2cc(n1)-c1cnn(C)c1OCCC[C@@H](C)Cn1c(nc3ccc(C(=O)N(C)C4CCC(N(C)CCc5cc(F)c([C@H]6CCC(=O)NC6=O)c(F)c5)CC4)cc31)NC2=O. The van der Waals surface area contributed by atoms with Crippen LogP contribution in [0.3, 0.4) is 0 Å². The molecule has 4 amide bonds. The van der Waals surface area contributed by atoms with Crippen molar-refractivity contribution < 1.29 is 32.7 Å². The van der Waals surface area contributed by atoms with E-state index in [1.165, 1.54) is 12.1 Å². The van der Waals surface area contributed by atoms with Crippen LogP contribution in [0.1, 0.15) is 102 Å². The maximum absolute atomic E-state index is 15.1. The molecule has 5 heterocycles. The maximum Gasteiger partial charge on any atom is 0.258 e. The number of imidazole rings is 1. The van der Waals surface area contributed by atoms with Gasteiger partial charge in [-0.2, -0.15) is 5.10 Å². The Hall–Kier alpha value is -6.03. The third-order valence-corrected chi connectivity index (χ3v) is 12.8. The number of fused-ring (bicyclic) bond motifs is 7. The molecule has 5 aromatic rings. The van der Waals surface area contributed by atoms with Gasteiger partial charge < -0.3 is 19.1 Å². The number of piperidine rings is 1. The van der Waals surface area contributed by atoms with Gasteiger partial charge in [0, 0.05) is 68.1 Å². The number of carbonyl (C=O) groups excluding carboxylic acids is 4. The minimum atomic E-state index is -1.03. The average molecular weight is 850 g/mol. The molecule has 2 bridgehead atoms. The number of nitrogens with one attached hydrogen (secondary N) is 2. The first-order valence-electron chi connectivity index (χ1n) is 21.5. The topological polar surface area (TPSA) is 157 Å². The molecule has 0 spiro atoms. The molecule has 16 heteroatoms. The Bertz CT molecular complexity index is 2520. The second-order valence-electron chi connectivity index (χ2n) is 17.3. The van der Waals surface area contributed by atoms with E-state index in [4.69, 9.17) is 9.72 Å². The fourth-order valence-electron chi connectivity index (χ4n) is 9.25. The monoisotopic (exact) mass is 849 g/mol. The van der Waals surface area contributed by atoms with Gasteiger partial charge in [-0.1, -0.05) is 6.92 Å². The number of ether oxygens (including phenoxy) is 1. The molecule has 2 aromatic carbocycles. The van der Waals surface area contributed by atoms with E-state index in [2.05, 4.69) is 32.5 Å². The predicted octanol–water partition coefficient (Wildman–Crippen LogP) is 6.56. The second kappa shape index (κ2) is 17.8. The number of aryl methyl sites for hydroxylation is 2. The van der Waals surface area contributed by atoms with Crippen molar-refractivity contribution in [2.75, 3.05) is 32.6 Å². The number of hydrogen-bond donors (Lipinski definition) is 2. The van der Waals surface area contributed by atoms with Gasteiger partial charge in [0.2, 0.25) is 23.6 Å². The van der Waals surface area contributed by atoms with Gasteiger partial charge in [-0.15, -0.1) is 0 Å². The molecule has 62 heavy (non-hydrogen) atoms. The number of amides is 4. The van der Waals surface area contributed by atoms with E-state index in [-0.39, 0.29) is 48.2 Å². The van der Waals surface area contributed by atoms with E-state index in [0.717, 1.165) is 44.0 Å². The largest absolute Gasteiger partial charge is 0.477 e. The van der Waals surface area contributed by atoms with Gasteiger partial charge in [0.1, 0.15) is 11.6 Å². The Balaban J connectivity index is 0.927. The highest BCUT2D eigenvalue weighted by Gasteiger charge is 2.33. The Morgan fingerprint density at radius 1 is 0.935 bits per heavy atom. The Morgan fingerprint density at radius 2 is 1.68 bits per heavy atom. The molecule has 1 saturated carbocycles. The van der Waals surface area contributed by atoms with Crippen LogP contribution in [-0.2, 0) is 29.6 Å². The third kappa shape index (κ3) is 8.83. The fraction of sp³-hybridized carbons (Fsp3) is 0.457. The van der Waals surface area contributed by atoms with Crippen LogP contribution in [0, 0.1) is 24.5 Å². The molecule has 2 aliphatic heterocycles. The maximum atomic E-state index is 15.1. The minimum Gasteiger partial charge on any atom is -0.477 e. The normalized spacial score (nSPS) is 21.0. The van der Waals surface area contributed by atoms with Crippen molar-refractivity contribution in [1.82, 2.24) is 39.4 Å². The molecule has 8 rings (SSSR count). The Morgan fingerprint density at radius 3 is 2.42 bits per heavy atom. The van der Waals surface area contributed by atoms with Crippen molar-refractivity contribution in [3.63, 3.8) is 0 Å². The van der Waals surface area contributed by atoms with E-state index in [0.29, 0.717) is 77.1 Å². The first-order chi connectivity index (χ1) is 29.7. The van der Waals surface area contributed by atoms with Gasteiger partial charge >= 0.3 is 0 Å². The first kappa shape index (κ1) is 42.7. The summed E-state index contributed by atoms with van der Waals surface area (Å²) in [6.07, 6.45) is 7.20. The number of nitrogens with zero attached hydrogens (tertiary/aromatic N) is 7. The Kier molecular flexibility index (Phi) is 12.2. The smallest absolute Gasteiger partial charge is 0.258 e. The number of likely N-dealkylation sites (N-methyl/N-ethyl adjacent to an activating group) is 1. The fourth-order valence-corrected chi connectivity index (χ4v) is 9.25. The molecular formula is C46H53F2N9O5. The van der Waals surface area contributed by atoms with Crippen molar-refractivity contribution in [3.05, 3.63) is 88.2 Å². The molecule has 3 aliphatic rings. The van der Waals surface area contributed by atoms with Crippen LogP contribution in [0.2, 0.25) is 0 Å². The summed E-state index contributed by atoms with van der Waals surface area (Å²) in [6, 6.07) is 11.8. The lowest BCUT2D eigenvalue weighted by atomic mass is 9.88. The summed E-state index contributed by atoms with van der Waals surface area (Å²) < 4.78 is 40.2. The minimum absolute atomic E-state index is 0.0335. The van der Waals surface area contributed by atoms with Crippen LogP contribution in [0.5, 0.6) is 5.88 Å². The number of rotatable bonds is 7. The lowest BCUT2D eigenvalue weighted by Crippen LogP contribution is -2.44. The summed E-state index contributed by atoms with van der Waals surface area (Å²) in [5.41, 5.74) is 4.57. The van der Waals surface area contributed by atoms with Crippen molar-refractivity contribution in [3.8, 4) is 17.1 Å². The third-order valence-electron chi connectivity index (χ3n) is 12.8. The summed E-state index contributed by atoms with van der Waals surface area (Å²) in [6.45, 7) is 5.62. The summed E-state index contributed by atoms with van der Waals surface area (Å²) in [7, 11) is 5.68. The summed E-state index contributed by atoms with van der Waals surface area (Å²) >= 11 is 0. The molecule has 1 aliphatic carbocycles. The lowest BCUT2D eigenvalue weighted by Gasteiger charge is -2.38. The van der Waals surface area contributed by atoms with Crippen LogP contribution < -0.4 is 15.4 Å². The molecule has 1 saturated heterocycles. The second-order valence-corrected chi connectivity index (χ2v) is 17.3. The predicted molar refractivity (Wildman–Crippen MR) is 229 cm³/mol. The number of halogens is 2. The number of imide groups is 1. The Labute approximate surface area is 359 Å². The number of carbonyl (C=O) groups is 4. The lowest BCUT2D eigenvalue weighted by molar-refractivity contribution is -0.134. The highest BCUT2D eigenvalue weighted by Crippen LogP contribution is 2.33. The molecule has 0 unspecified atom stereocenters. The van der Waals surface area contributed by atoms with Crippen molar-refractivity contribution in [2.45, 2.75) is 96.2 Å². The molecular weight excluding hydrogens is 797 g/mol. The first-order valence-corrected chi connectivity index (χ1v) is 21.5.